The molecule has 1 saturated heterocycles. The van der Waals surface area contributed by atoms with Crippen molar-refractivity contribution >= 4 is 12.0 Å². The summed E-state index contributed by atoms with van der Waals surface area (Å²) in [6.07, 6.45) is 9.99. The summed E-state index contributed by atoms with van der Waals surface area (Å²) in [5.74, 6) is 0.889. The Bertz CT molecular complexity index is 1330. The number of carbonyl (C=O) groups is 1. The number of hydrogen-bond acceptors (Lipinski definition) is 5. The first-order valence-electron chi connectivity index (χ1n) is 12.6. The van der Waals surface area contributed by atoms with E-state index >= 15 is 0 Å². The van der Waals surface area contributed by atoms with Crippen LogP contribution in [0.1, 0.15) is 17.5 Å². The first-order valence-corrected chi connectivity index (χ1v) is 12.6. The van der Waals surface area contributed by atoms with E-state index in [0.29, 0.717) is 6.54 Å². The third kappa shape index (κ3) is 6.13. The molecule has 0 atom stereocenters. The van der Waals surface area contributed by atoms with Gasteiger partial charge in [0, 0.05) is 68.5 Å². The number of carbonyl (C=O) groups excluding carboxylic acids is 1. The van der Waals surface area contributed by atoms with E-state index in [0.717, 1.165) is 60.9 Å². The van der Waals surface area contributed by atoms with Crippen molar-refractivity contribution in [1.82, 2.24) is 24.6 Å². The van der Waals surface area contributed by atoms with Crippen LogP contribution in [0.25, 0.3) is 23.0 Å². The first kappa shape index (κ1) is 24.5. The summed E-state index contributed by atoms with van der Waals surface area (Å²) in [6, 6.07) is 22.0. The number of hydrogen-bond donors (Lipinski definition) is 0. The highest BCUT2D eigenvalue weighted by Crippen LogP contribution is 2.24. The van der Waals surface area contributed by atoms with E-state index < -0.39 is 0 Å². The highest BCUT2D eigenvalue weighted by Gasteiger charge is 2.18. The summed E-state index contributed by atoms with van der Waals surface area (Å²) in [5, 5.41) is 4.80. The Balaban J connectivity index is 1.27. The first-order chi connectivity index (χ1) is 18.2. The minimum atomic E-state index is 0.0240. The average Bonchev–Trinajstić information content (AvgIpc) is 3.25. The molecule has 0 unspecified atom stereocenters. The van der Waals surface area contributed by atoms with E-state index in [1.165, 1.54) is 5.56 Å². The van der Waals surface area contributed by atoms with E-state index in [-0.39, 0.29) is 5.91 Å². The van der Waals surface area contributed by atoms with Gasteiger partial charge in [0.15, 0.2) is 0 Å². The summed E-state index contributed by atoms with van der Waals surface area (Å²) < 4.78 is 7.10. The third-order valence-electron chi connectivity index (χ3n) is 6.57. The van der Waals surface area contributed by atoms with Gasteiger partial charge in [-0.3, -0.25) is 14.7 Å². The van der Waals surface area contributed by atoms with Gasteiger partial charge >= 0.3 is 0 Å². The number of amides is 1. The molecule has 0 spiro atoms. The lowest BCUT2D eigenvalue weighted by molar-refractivity contribution is -0.125. The van der Waals surface area contributed by atoms with Gasteiger partial charge in [-0.1, -0.05) is 30.3 Å². The van der Waals surface area contributed by atoms with Crippen LogP contribution in [0.5, 0.6) is 5.75 Å². The Morgan fingerprint density at radius 2 is 1.81 bits per heavy atom. The van der Waals surface area contributed by atoms with Gasteiger partial charge < -0.3 is 9.64 Å². The second kappa shape index (κ2) is 11.7. The Hall–Kier alpha value is -4.23. The monoisotopic (exact) mass is 493 g/mol. The molecule has 2 aromatic carbocycles. The molecule has 7 heteroatoms. The molecule has 1 fully saturated rings. The minimum absolute atomic E-state index is 0.0240. The van der Waals surface area contributed by atoms with Gasteiger partial charge in [-0.05, 0) is 54.5 Å². The van der Waals surface area contributed by atoms with Crippen molar-refractivity contribution in [2.24, 2.45) is 0 Å². The summed E-state index contributed by atoms with van der Waals surface area (Å²) in [6.45, 7) is 4.14. The van der Waals surface area contributed by atoms with Crippen molar-refractivity contribution in [2.45, 2.75) is 13.0 Å². The van der Waals surface area contributed by atoms with Gasteiger partial charge in [-0.2, -0.15) is 5.10 Å². The quantitative estimate of drug-likeness (QED) is 0.350. The van der Waals surface area contributed by atoms with Gasteiger partial charge in [0.1, 0.15) is 11.4 Å². The molecule has 0 aliphatic carbocycles. The number of para-hydroxylation sites is 1. The zero-order valence-electron chi connectivity index (χ0n) is 21.0. The van der Waals surface area contributed by atoms with Gasteiger partial charge in [0.05, 0.1) is 12.8 Å². The highest BCUT2D eigenvalue weighted by molar-refractivity contribution is 5.93. The van der Waals surface area contributed by atoms with E-state index in [1.807, 2.05) is 76.5 Å². The minimum Gasteiger partial charge on any atom is -0.497 e. The second-order valence-electron chi connectivity index (χ2n) is 9.09. The van der Waals surface area contributed by atoms with Crippen molar-refractivity contribution in [3.8, 4) is 22.7 Å². The van der Waals surface area contributed by atoms with Crippen LogP contribution in [0, 0.1) is 0 Å². The number of methoxy groups -OCH3 is 1. The molecule has 188 valence electrons. The Morgan fingerprint density at radius 3 is 2.57 bits per heavy atom. The lowest BCUT2D eigenvalue weighted by Gasteiger charge is -2.21. The topological polar surface area (TPSA) is 63.5 Å². The van der Waals surface area contributed by atoms with Crippen LogP contribution < -0.4 is 4.74 Å². The molecule has 3 heterocycles. The molecule has 1 amide bonds. The van der Waals surface area contributed by atoms with Crippen LogP contribution in [0.4, 0.5) is 0 Å². The molecule has 37 heavy (non-hydrogen) atoms. The average molecular weight is 494 g/mol. The van der Waals surface area contributed by atoms with Crippen molar-refractivity contribution in [2.75, 3.05) is 33.3 Å². The predicted octanol–water partition coefficient (Wildman–Crippen LogP) is 4.69. The number of aromatic nitrogens is 3. The predicted molar refractivity (Wildman–Crippen MR) is 145 cm³/mol. The largest absolute Gasteiger partial charge is 0.497 e. The van der Waals surface area contributed by atoms with Crippen LogP contribution in [-0.2, 0) is 11.3 Å². The maximum atomic E-state index is 13.2. The van der Waals surface area contributed by atoms with Crippen LogP contribution in [0.3, 0.4) is 0 Å². The maximum absolute atomic E-state index is 13.2. The van der Waals surface area contributed by atoms with Gasteiger partial charge in [-0.25, -0.2) is 4.68 Å². The third-order valence-corrected chi connectivity index (χ3v) is 6.57. The normalized spacial score (nSPS) is 14.6. The molecule has 0 radical (unpaired) electrons. The van der Waals surface area contributed by atoms with Crippen LogP contribution in [0.15, 0.2) is 91.4 Å². The second-order valence-corrected chi connectivity index (χ2v) is 9.09. The van der Waals surface area contributed by atoms with E-state index in [9.17, 15) is 4.79 Å². The summed E-state index contributed by atoms with van der Waals surface area (Å²) >= 11 is 0. The van der Waals surface area contributed by atoms with Crippen LogP contribution in [-0.4, -0.2) is 63.8 Å². The summed E-state index contributed by atoms with van der Waals surface area (Å²) in [4.78, 5) is 21.7. The molecule has 4 aromatic rings. The molecule has 0 N–H and O–H groups in total. The van der Waals surface area contributed by atoms with Gasteiger partial charge in [-0.15, -0.1) is 0 Å². The Morgan fingerprint density at radius 1 is 0.973 bits per heavy atom. The number of pyridine rings is 1. The van der Waals surface area contributed by atoms with E-state index in [1.54, 1.807) is 25.6 Å². The molecule has 1 aliphatic rings. The summed E-state index contributed by atoms with van der Waals surface area (Å²) in [5.41, 5.74) is 4.79. The van der Waals surface area contributed by atoms with Gasteiger partial charge in [0.2, 0.25) is 5.91 Å². The number of rotatable bonds is 7. The van der Waals surface area contributed by atoms with Crippen LogP contribution in [0.2, 0.25) is 0 Å². The molecule has 1 aliphatic heterocycles. The SMILES string of the molecule is COc1ccc(CN2CCCN(C(=O)/C=C/c3cn(-c4ccccc4)nc3-c3cccnc3)CC2)cc1. The number of nitrogens with zero attached hydrogens (tertiary/aromatic N) is 5. The fourth-order valence-electron chi connectivity index (χ4n) is 4.55. The Kier molecular flexibility index (Phi) is 7.72. The molecule has 2 aromatic heterocycles. The molecule has 0 bridgehead atoms. The van der Waals surface area contributed by atoms with Crippen molar-refractivity contribution < 1.29 is 9.53 Å². The lowest BCUT2D eigenvalue weighted by atomic mass is 10.1. The lowest BCUT2D eigenvalue weighted by Crippen LogP contribution is -2.34. The zero-order valence-corrected chi connectivity index (χ0v) is 21.0. The Labute approximate surface area is 217 Å². The van der Waals surface area contributed by atoms with E-state index in [4.69, 9.17) is 9.84 Å². The molecule has 5 rings (SSSR count). The van der Waals surface area contributed by atoms with Crippen molar-refractivity contribution in [3.05, 3.63) is 103 Å². The molecule has 7 nitrogen and oxygen atoms in total. The molecule has 0 saturated carbocycles. The molecular weight excluding hydrogens is 462 g/mol. The number of ether oxygens (including phenoxy) is 1. The fraction of sp³-hybridized carbons (Fsp3) is 0.233. The van der Waals surface area contributed by atoms with Crippen LogP contribution >= 0.6 is 0 Å². The molecular formula is C30H31N5O2. The number of benzene rings is 2. The summed E-state index contributed by atoms with van der Waals surface area (Å²) in [7, 11) is 1.68. The maximum Gasteiger partial charge on any atom is 0.246 e. The zero-order chi connectivity index (χ0) is 25.5. The fourth-order valence-corrected chi connectivity index (χ4v) is 4.55. The van der Waals surface area contributed by atoms with E-state index in [2.05, 4.69) is 22.0 Å². The highest BCUT2D eigenvalue weighted by atomic mass is 16.5. The van der Waals surface area contributed by atoms with Crippen molar-refractivity contribution in [3.63, 3.8) is 0 Å². The van der Waals surface area contributed by atoms with Crippen molar-refractivity contribution in [1.29, 1.82) is 0 Å². The standard InChI is InChI=1S/C30H31N5O2/c1-37-28-13-10-24(11-14-28)22-33-17-6-18-34(20-19-33)29(36)15-12-26-23-35(27-8-3-2-4-9-27)32-30(26)25-7-5-16-31-21-25/h2-5,7-16,21,23H,6,17-20,22H2,1H3/b15-12+. The smallest absolute Gasteiger partial charge is 0.246 e. The van der Waals surface area contributed by atoms with Gasteiger partial charge in [0.25, 0.3) is 0 Å².